The van der Waals surface area contributed by atoms with Crippen molar-refractivity contribution in [2.45, 2.75) is 38.5 Å². The van der Waals surface area contributed by atoms with Crippen LogP contribution in [0.2, 0.25) is 0 Å². The first-order chi connectivity index (χ1) is 5.38. The minimum absolute atomic E-state index is 0.689. The largest absolute Gasteiger partial charge is 0.364 e. The Balaban J connectivity index is 2.21. The molecule has 0 unspecified atom stereocenters. The predicted octanol–water partition coefficient (Wildman–Crippen LogP) is 2.64. The van der Waals surface area contributed by atoms with E-state index in [1.165, 1.54) is 36.9 Å². The molecule has 1 aliphatic carbocycles. The van der Waals surface area contributed by atoms with Crippen molar-refractivity contribution in [1.29, 1.82) is 0 Å². The molecular formula is C9H13NO. The third-order valence-corrected chi connectivity index (χ3v) is 2.53. The molecule has 1 aliphatic rings. The SMILES string of the molecule is Cc1conc1C1CCCC1. The Labute approximate surface area is 66.6 Å². The van der Waals surface area contributed by atoms with Crippen LogP contribution in [-0.2, 0) is 0 Å². The molecule has 11 heavy (non-hydrogen) atoms. The van der Waals surface area contributed by atoms with Crippen molar-refractivity contribution in [3.63, 3.8) is 0 Å². The highest BCUT2D eigenvalue weighted by Gasteiger charge is 2.21. The summed E-state index contributed by atoms with van der Waals surface area (Å²) in [5.41, 5.74) is 2.42. The number of aryl methyl sites for hydroxylation is 1. The van der Waals surface area contributed by atoms with E-state index in [0.29, 0.717) is 5.92 Å². The monoisotopic (exact) mass is 151 g/mol. The summed E-state index contributed by atoms with van der Waals surface area (Å²) in [6.45, 7) is 2.07. The molecule has 0 radical (unpaired) electrons. The van der Waals surface area contributed by atoms with Gasteiger partial charge in [0.15, 0.2) is 0 Å². The summed E-state index contributed by atoms with van der Waals surface area (Å²) < 4.78 is 4.91. The third kappa shape index (κ3) is 1.17. The summed E-state index contributed by atoms with van der Waals surface area (Å²) in [7, 11) is 0. The van der Waals surface area contributed by atoms with Crippen molar-refractivity contribution in [2.24, 2.45) is 0 Å². The maximum Gasteiger partial charge on any atom is 0.127 e. The minimum Gasteiger partial charge on any atom is -0.364 e. The smallest absolute Gasteiger partial charge is 0.127 e. The number of rotatable bonds is 1. The molecule has 1 aromatic rings. The quantitative estimate of drug-likeness (QED) is 0.616. The topological polar surface area (TPSA) is 26.0 Å². The van der Waals surface area contributed by atoms with Crippen molar-refractivity contribution in [3.8, 4) is 0 Å². The molecule has 0 bridgehead atoms. The van der Waals surface area contributed by atoms with E-state index in [4.69, 9.17) is 4.52 Å². The second-order valence-electron chi connectivity index (χ2n) is 3.36. The van der Waals surface area contributed by atoms with Gasteiger partial charge in [-0.1, -0.05) is 18.0 Å². The van der Waals surface area contributed by atoms with Gasteiger partial charge in [0.05, 0.1) is 5.69 Å². The summed E-state index contributed by atoms with van der Waals surface area (Å²) in [4.78, 5) is 0. The van der Waals surface area contributed by atoms with Gasteiger partial charge in [0.1, 0.15) is 6.26 Å². The maximum absolute atomic E-state index is 4.91. The second kappa shape index (κ2) is 2.68. The molecule has 0 N–H and O–H groups in total. The molecule has 1 fully saturated rings. The Morgan fingerprint density at radius 2 is 2.18 bits per heavy atom. The summed E-state index contributed by atoms with van der Waals surface area (Å²) >= 11 is 0. The number of aromatic nitrogens is 1. The molecule has 1 aromatic heterocycles. The van der Waals surface area contributed by atoms with Gasteiger partial charge >= 0.3 is 0 Å². The van der Waals surface area contributed by atoms with Gasteiger partial charge in [-0.05, 0) is 19.8 Å². The van der Waals surface area contributed by atoms with Crippen molar-refractivity contribution in [1.82, 2.24) is 5.16 Å². The number of hydrogen-bond donors (Lipinski definition) is 0. The first-order valence-electron chi connectivity index (χ1n) is 4.29. The zero-order valence-corrected chi connectivity index (χ0v) is 6.84. The fraction of sp³-hybridized carbons (Fsp3) is 0.667. The molecule has 0 aliphatic heterocycles. The molecule has 0 aromatic carbocycles. The fourth-order valence-corrected chi connectivity index (χ4v) is 1.89. The number of hydrogen-bond acceptors (Lipinski definition) is 2. The predicted molar refractivity (Wildman–Crippen MR) is 42.4 cm³/mol. The normalized spacial score (nSPS) is 19.4. The Morgan fingerprint density at radius 3 is 2.73 bits per heavy atom. The molecule has 1 heterocycles. The first kappa shape index (κ1) is 6.89. The average molecular weight is 151 g/mol. The molecule has 0 amide bonds. The Morgan fingerprint density at radius 1 is 1.45 bits per heavy atom. The molecule has 0 atom stereocenters. The maximum atomic E-state index is 4.91. The molecular weight excluding hydrogens is 138 g/mol. The van der Waals surface area contributed by atoms with Crippen LogP contribution in [0.4, 0.5) is 0 Å². The van der Waals surface area contributed by atoms with Gasteiger partial charge in [0.2, 0.25) is 0 Å². The van der Waals surface area contributed by atoms with Crippen LogP contribution in [0.5, 0.6) is 0 Å². The van der Waals surface area contributed by atoms with Gasteiger partial charge < -0.3 is 4.52 Å². The molecule has 0 saturated heterocycles. The third-order valence-electron chi connectivity index (χ3n) is 2.53. The second-order valence-corrected chi connectivity index (χ2v) is 3.36. The van der Waals surface area contributed by atoms with E-state index >= 15 is 0 Å². The fourth-order valence-electron chi connectivity index (χ4n) is 1.89. The highest BCUT2D eigenvalue weighted by Crippen LogP contribution is 2.34. The van der Waals surface area contributed by atoms with Crippen molar-refractivity contribution in [2.75, 3.05) is 0 Å². The molecule has 0 spiro atoms. The van der Waals surface area contributed by atoms with Crippen LogP contribution in [0.25, 0.3) is 0 Å². The van der Waals surface area contributed by atoms with Gasteiger partial charge in [-0.3, -0.25) is 0 Å². The van der Waals surface area contributed by atoms with Crippen molar-refractivity contribution >= 4 is 0 Å². The van der Waals surface area contributed by atoms with E-state index < -0.39 is 0 Å². The van der Waals surface area contributed by atoms with E-state index in [2.05, 4.69) is 12.1 Å². The van der Waals surface area contributed by atoms with Gasteiger partial charge in [-0.25, -0.2) is 0 Å². The lowest BCUT2D eigenvalue weighted by Gasteiger charge is -2.03. The van der Waals surface area contributed by atoms with Crippen LogP contribution in [0.3, 0.4) is 0 Å². The summed E-state index contributed by atoms with van der Waals surface area (Å²) in [6.07, 6.45) is 7.06. The van der Waals surface area contributed by atoms with E-state index in [9.17, 15) is 0 Å². The van der Waals surface area contributed by atoms with Crippen LogP contribution in [-0.4, -0.2) is 5.16 Å². The summed E-state index contributed by atoms with van der Waals surface area (Å²) in [5.74, 6) is 0.689. The lowest BCUT2D eigenvalue weighted by molar-refractivity contribution is 0.405. The lowest BCUT2D eigenvalue weighted by Crippen LogP contribution is -1.93. The lowest BCUT2D eigenvalue weighted by atomic mass is 10.0. The van der Waals surface area contributed by atoms with Crippen LogP contribution in [0.1, 0.15) is 42.9 Å². The van der Waals surface area contributed by atoms with Crippen molar-refractivity contribution < 1.29 is 4.52 Å². The van der Waals surface area contributed by atoms with E-state index in [-0.39, 0.29) is 0 Å². The number of nitrogens with zero attached hydrogens (tertiary/aromatic N) is 1. The van der Waals surface area contributed by atoms with Gasteiger partial charge in [0, 0.05) is 11.5 Å². The Kier molecular flexibility index (Phi) is 1.68. The average Bonchev–Trinajstić information content (AvgIpc) is 2.55. The Hall–Kier alpha value is -0.790. The molecule has 2 rings (SSSR count). The minimum atomic E-state index is 0.689. The van der Waals surface area contributed by atoms with Crippen molar-refractivity contribution in [3.05, 3.63) is 17.5 Å². The molecule has 2 nitrogen and oxygen atoms in total. The highest BCUT2D eigenvalue weighted by atomic mass is 16.5. The highest BCUT2D eigenvalue weighted by molar-refractivity contribution is 5.17. The van der Waals surface area contributed by atoms with Gasteiger partial charge in [0.25, 0.3) is 0 Å². The van der Waals surface area contributed by atoms with Crippen LogP contribution >= 0.6 is 0 Å². The standard InChI is InChI=1S/C9H13NO/c1-7-6-11-10-9(7)8-4-2-3-5-8/h6,8H,2-5H2,1H3. The van der Waals surface area contributed by atoms with E-state index in [1.54, 1.807) is 6.26 Å². The molecule has 2 heteroatoms. The zero-order chi connectivity index (χ0) is 7.68. The summed E-state index contributed by atoms with van der Waals surface area (Å²) in [6, 6.07) is 0. The van der Waals surface area contributed by atoms with Gasteiger partial charge in [-0.15, -0.1) is 0 Å². The van der Waals surface area contributed by atoms with Crippen LogP contribution < -0.4 is 0 Å². The van der Waals surface area contributed by atoms with E-state index in [1.807, 2.05) is 0 Å². The van der Waals surface area contributed by atoms with Gasteiger partial charge in [-0.2, -0.15) is 0 Å². The zero-order valence-electron chi connectivity index (χ0n) is 6.84. The first-order valence-corrected chi connectivity index (χ1v) is 4.29. The van der Waals surface area contributed by atoms with E-state index in [0.717, 1.165) is 0 Å². The Bertz CT molecular complexity index is 235. The molecule has 60 valence electrons. The van der Waals surface area contributed by atoms with Crippen LogP contribution in [0.15, 0.2) is 10.8 Å². The van der Waals surface area contributed by atoms with Crippen LogP contribution in [0, 0.1) is 6.92 Å². The summed E-state index contributed by atoms with van der Waals surface area (Å²) in [5, 5.41) is 4.02. The molecule has 1 saturated carbocycles.